The number of hydrogen-bond donors (Lipinski definition) is 1. The lowest BCUT2D eigenvalue weighted by molar-refractivity contribution is -0.140. The molecular formula is C26H33Cl2N3O5S. The van der Waals surface area contributed by atoms with Gasteiger partial charge in [0.25, 0.3) is 0 Å². The summed E-state index contributed by atoms with van der Waals surface area (Å²) in [7, 11) is -3.93. The van der Waals surface area contributed by atoms with E-state index in [1.165, 1.54) is 24.0 Å². The van der Waals surface area contributed by atoms with Crippen molar-refractivity contribution in [2.45, 2.75) is 59.2 Å². The number of nitrogens with one attached hydrogen (secondary N) is 1. The highest BCUT2D eigenvalue weighted by Crippen LogP contribution is 2.28. The SMILES string of the molecule is CC[C@@H](C)NC(=O)[C@H](CC)N(Cc1c(Cl)cccc1Cl)C(=O)CN(c1cccc(C(C)=O)c1)S(C)(=O)=O. The summed E-state index contributed by atoms with van der Waals surface area (Å²) < 4.78 is 26.4. The fourth-order valence-corrected chi connectivity index (χ4v) is 5.07. The topological polar surface area (TPSA) is 104 Å². The Kier molecular flexibility index (Phi) is 11.0. The number of Topliss-reactive ketones (excluding diaryl/α,β-unsaturated/α-hetero) is 1. The van der Waals surface area contributed by atoms with Crippen molar-refractivity contribution in [1.29, 1.82) is 0 Å². The van der Waals surface area contributed by atoms with Crippen LogP contribution < -0.4 is 9.62 Å². The van der Waals surface area contributed by atoms with E-state index in [1.54, 1.807) is 37.3 Å². The van der Waals surface area contributed by atoms with E-state index in [2.05, 4.69) is 5.32 Å². The molecule has 0 saturated carbocycles. The number of rotatable bonds is 12. The first-order chi connectivity index (χ1) is 17.3. The fourth-order valence-electron chi connectivity index (χ4n) is 3.71. The third-order valence-electron chi connectivity index (χ3n) is 6.00. The fraction of sp³-hybridized carbons (Fsp3) is 0.423. The van der Waals surface area contributed by atoms with Gasteiger partial charge in [-0.2, -0.15) is 0 Å². The van der Waals surface area contributed by atoms with Gasteiger partial charge in [0.15, 0.2) is 5.78 Å². The molecular weight excluding hydrogens is 537 g/mol. The number of carbonyl (C=O) groups is 3. The molecule has 0 unspecified atom stereocenters. The van der Waals surface area contributed by atoms with E-state index in [0.717, 1.165) is 10.6 Å². The lowest BCUT2D eigenvalue weighted by Gasteiger charge is -2.33. The molecule has 0 bridgehead atoms. The Bertz CT molecular complexity index is 1230. The third kappa shape index (κ3) is 8.18. The maximum absolute atomic E-state index is 13.8. The van der Waals surface area contributed by atoms with Gasteiger partial charge in [-0.25, -0.2) is 8.42 Å². The van der Waals surface area contributed by atoms with Gasteiger partial charge in [0, 0.05) is 33.8 Å². The molecule has 8 nitrogen and oxygen atoms in total. The average Bonchev–Trinajstić information content (AvgIpc) is 2.83. The first-order valence-electron chi connectivity index (χ1n) is 11.9. The molecule has 202 valence electrons. The number of halogens is 2. The van der Waals surface area contributed by atoms with Crippen LogP contribution in [0.2, 0.25) is 10.0 Å². The second kappa shape index (κ2) is 13.3. The molecule has 0 radical (unpaired) electrons. The Labute approximate surface area is 229 Å². The summed E-state index contributed by atoms with van der Waals surface area (Å²) >= 11 is 12.7. The second-order valence-corrected chi connectivity index (χ2v) is 11.6. The van der Waals surface area contributed by atoms with Crippen LogP contribution in [0.3, 0.4) is 0 Å². The van der Waals surface area contributed by atoms with Crippen LogP contribution in [0.1, 0.15) is 56.5 Å². The smallest absolute Gasteiger partial charge is 0.244 e. The van der Waals surface area contributed by atoms with E-state index in [-0.39, 0.29) is 36.4 Å². The minimum absolute atomic E-state index is 0.102. The van der Waals surface area contributed by atoms with E-state index in [0.29, 0.717) is 27.6 Å². The van der Waals surface area contributed by atoms with Crippen molar-refractivity contribution in [3.05, 3.63) is 63.6 Å². The minimum Gasteiger partial charge on any atom is -0.352 e. The van der Waals surface area contributed by atoms with Crippen molar-refractivity contribution >= 4 is 56.5 Å². The molecule has 0 fully saturated rings. The summed E-state index contributed by atoms with van der Waals surface area (Å²) in [6, 6.07) is 9.92. The van der Waals surface area contributed by atoms with Crippen molar-refractivity contribution in [3.63, 3.8) is 0 Å². The second-order valence-electron chi connectivity index (χ2n) is 8.84. The predicted molar refractivity (Wildman–Crippen MR) is 148 cm³/mol. The summed E-state index contributed by atoms with van der Waals surface area (Å²) in [5.41, 5.74) is 0.910. The minimum atomic E-state index is -3.93. The molecule has 0 spiro atoms. The first-order valence-corrected chi connectivity index (χ1v) is 14.5. The number of sulfonamides is 1. The summed E-state index contributed by atoms with van der Waals surface area (Å²) in [5, 5.41) is 3.53. The molecule has 11 heteroatoms. The molecule has 0 saturated heterocycles. The molecule has 0 aliphatic carbocycles. The van der Waals surface area contributed by atoms with Gasteiger partial charge < -0.3 is 10.2 Å². The van der Waals surface area contributed by atoms with Crippen molar-refractivity contribution < 1.29 is 22.8 Å². The van der Waals surface area contributed by atoms with E-state index in [4.69, 9.17) is 23.2 Å². The van der Waals surface area contributed by atoms with Crippen molar-refractivity contribution in [3.8, 4) is 0 Å². The van der Waals surface area contributed by atoms with Crippen LogP contribution in [0.4, 0.5) is 5.69 Å². The molecule has 2 rings (SSSR count). The Morgan fingerprint density at radius 2 is 1.59 bits per heavy atom. The Balaban J connectivity index is 2.54. The lowest BCUT2D eigenvalue weighted by atomic mass is 10.1. The van der Waals surface area contributed by atoms with Crippen LogP contribution in [0, 0.1) is 0 Å². The van der Waals surface area contributed by atoms with Crippen LogP contribution in [0.15, 0.2) is 42.5 Å². The van der Waals surface area contributed by atoms with Gasteiger partial charge >= 0.3 is 0 Å². The largest absolute Gasteiger partial charge is 0.352 e. The Morgan fingerprint density at radius 1 is 1.00 bits per heavy atom. The van der Waals surface area contributed by atoms with E-state index >= 15 is 0 Å². The normalized spacial score (nSPS) is 12.9. The first kappa shape index (κ1) is 30.6. The quantitative estimate of drug-likeness (QED) is 0.373. The van der Waals surface area contributed by atoms with Gasteiger partial charge in [-0.05, 0) is 51.0 Å². The van der Waals surface area contributed by atoms with Crippen LogP contribution in [-0.2, 0) is 26.2 Å². The molecule has 0 heterocycles. The molecule has 2 aromatic carbocycles. The zero-order valence-electron chi connectivity index (χ0n) is 21.6. The zero-order chi connectivity index (χ0) is 27.9. The highest BCUT2D eigenvalue weighted by Gasteiger charge is 2.33. The molecule has 0 aliphatic heterocycles. The molecule has 2 atom stereocenters. The molecule has 0 aliphatic rings. The number of anilines is 1. The predicted octanol–water partition coefficient (Wildman–Crippen LogP) is 4.68. The standard InChI is InChI=1S/C26H33Cl2N3O5S/c1-6-17(3)29-26(34)24(7-2)30(15-21-22(27)12-9-13-23(21)28)25(33)16-31(37(5,35)36)20-11-8-10-19(14-20)18(4)32/h8-14,17,24H,6-7,15-16H2,1-5H3,(H,29,34)/t17-,24+/m1/s1. The number of amides is 2. The maximum Gasteiger partial charge on any atom is 0.244 e. The van der Waals surface area contributed by atoms with Crippen LogP contribution in [0.25, 0.3) is 0 Å². The highest BCUT2D eigenvalue weighted by atomic mass is 35.5. The van der Waals surface area contributed by atoms with Gasteiger partial charge in [0.1, 0.15) is 12.6 Å². The molecule has 37 heavy (non-hydrogen) atoms. The van der Waals surface area contributed by atoms with Crippen LogP contribution in [-0.4, -0.2) is 55.8 Å². The van der Waals surface area contributed by atoms with E-state index in [1.807, 2.05) is 13.8 Å². The Morgan fingerprint density at radius 3 is 2.11 bits per heavy atom. The highest BCUT2D eigenvalue weighted by molar-refractivity contribution is 7.92. The number of hydrogen-bond acceptors (Lipinski definition) is 5. The van der Waals surface area contributed by atoms with Crippen LogP contribution in [0.5, 0.6) is 0 Å². The molecule has 0 aromatic heterocycles. The van der Waals surface area contributed by atoms with Gasteiger partial charge in [0.2, 0.25) is 21.8 Å². The number of benzene rings is 2. The average molecular weight is 571 g/mol. The number of ketones is 1. The maximum atomic E-state index is 13.8. The van der Waals surface area contributed by atoms with Gasteiger partial charge in [0.05, 0.1) is 11.9 Å². The van der Waals surface area contributed by atoms with Crippen LogP contribution >= 0.6 is 23.2 Å². The van der Waals surface area contributed by atoms with Crippen molar-refractivity contribution in [1.82, 2.24) is 10.2 Å². The summed E-state index contributed by atoms with van der Waals surface area (Å²) in [5.74, 6) is -1.23. The van der Waals surface area contributed by atoms with Gasteiger partial charge in [-0.1, -0.05) is 55.2 Å². The van der Waals surface area contributed by atoms with Crippen molar-refractivity contribution in [2.75, 3.05) is 17.1 Å². The molecule has 1 N–H and O–H groups in total. The number of carbonyl (C=O) groups excluding carboxylic acids is 3. The summed E-state index contributed by atoms with van der Waals surface area (Å²) in [6.07, 6.45) is 1.94. The number of nitrogens with zero attached hydrogens (tertiary/aromatic N) is 2. The lowest BCUT2D eigenvalue weighted by Crippen LogP contribution is -2.53. The molecule has 2 aromatic rings. The van der Waals surface area contributed by atoms with Gasteiger partial charge in [-0.15, -0.1) is 0 Å². The van der Waals surface area contributed by atoms with Gasteiger partial charge in [-0.3, -0.25) is 18.7 Å². The van der Waals surface area contributed by atoms with Crippen molar-refractivity contribution in [2.24, 2.45) is 0 Å². The zero-order valence-corrected chi connectivity index (χ0v) is 24.0. The Hall–Kier alpha value is -2.62. The monoisotopic (exact) mass is 569 g/mol. The molecule has 2 amide bonds. The third-order valence-corrected chi connectivity index (χ3v) is 7.85. The van der Waals surface area contributed by atoms with E-state index < -0.39 is 28.5 Å². The summed E-state index contributed by atoms with van der Waals surface area (Å²) in [4.78, 5) is 40.1. The summed E-state index contributed by atoms with van der Waals surface area (Å²) in [6.45, 7) is 6.22. The van der Waals surface area contributed by atoms with E-state index in [9.17, 15) is 22.8 Å².